The average molecular weight is 332 g/mol. The highest BCUT2D eigenvalue weighted by Gasteiger charge is 2.31. The van der Waals surface area contributed by atoms with Gasteiger partial charge in [-0.15, -0.1) is 0 Å². The number of piperidine rings is 1. The van der Waals surface area contributed by atoms with Gasteiger partial charge < -0.3 is 15.3 Å². The first-order valence-corrected chi connectivity index (χ1v) is 9.05. The summed E-state index contributed by atoms with van der Waals surface area (Å²) in [6.45, 7) is 9.57. The van der Waals surface area contributed by atoms with Crippen molar-refractivity contribution in [3.05, 3.63) is 35.9 Å². The molecule has 0 saturated carbocycles. The molecular weight excluding hydrogens is 300 g/mol. The standard InChI is InChI=1S/C20H32N2O2/c1-15(18(23)14-16-8-6-5-7-9-16)21-17-10-12-22(13-11-17)19(24)20(2,3)4/h5-9,15,17-18,21,23H,10-14H2,1-4H3. The van der Waals surface area contributed by atoms with Crippen LogP contribution in [0.5, 0.6) is 0 Å². The van der Waals surface area contributed by atoms with Gasteiger partial charge in [-0.05, 0) is 31.7 Å². The van der Waals surface area contributed by atoms with Crippen molar-refractivity contribution in [3.8, 4) is 0 Å². The Hall–Kier alpha value is -1.39. The zero-order valence-corrected chi connectivity index (χ0v) is 15.5. The lowest BCUT2D eigenvalue weighted by molar-refractivity contribution is -0.140. The van der Waals surface area contributed by atoms with Gasteiger partial charge in [-0.25, -0.2) is 0 Å². The summed E-state index contributed by atoms with van der Waals surface area (Å²) >= 11 is 0. The van der Waals surface area contributed by atoms with Crippen molar-refractivity contribution >= 4 is 5.91 Å². The Labute approximate surface area is 146 Å². The van der Waals surface area contributed by atoms with Crippen LogP contribution in [-0.4, -0.2) is 47.2 Å². The Balaban J connectivity index is 1.77. The van der Waals surface area contributed by atoms with Gasteiger partial charge in [0.2, 0.25) is 5.91 Å². The van der Waals surface area contributed by atoms with Gasteiger partial charge >= 0.3 is 0 Å². The molecule has 24 heavy (non-hydrogen) atoms. The molecule has 1 heterocycles. The van der Waals surface area contributed by atoms with E-state index in [0.717, 1.165) is 31.5 Å². The first-order chi connectivity index (χ1) is 11.3. The molecule has 1 fully saturated rings. The summed E-state index contributed by atoms with van der Waals surface area (Å²) in [4.78, 5) is 14.3. The summed E-state index contributed by atoms with van der Waals surface area (Å²) in [5.74, 6) is 0.234. The van der Waals surface area contributed by atoms with Gasteiger partial charge in [0.05, 0.1) is 6.10 Å². The molecule has 1 amide bonds. The van der Waals surface area contributed by atoms with Crippen molar-refractivity contribution in [2.24, 2.45) is 5.41 Å². The number of hydrogen-bond donors (Lipinski definition) is 2. The normalized spacial score (nSPS) is 19.1. The number of aliphatic hydroxyl groups is 1. The molecule has 2 atom stereocenters. The van der Waals surface area contributed by atoms with Gasteiger partial charge in [-0.3, -0.25) is 4.79 Å². The van der Waals surface area contributed by atoms with Crippen molar-refractivity contribution in [1.82, 2.24) is 10.2 Å². The van der Waals surface area contributed by atoms with Crippen LogP contribution in [-0.2, 0) is 11.2 Å². The Morgan fingerprint density at radius 3 is 2.38 bits per heavy atom. The SMILES string of the molecule is CC(NC1CCN(C(=O)C(C)(C)C)CC1)C(O)Cc1ccccc1. The molecule has 2 N–H and O–H groups in total. The number of aliphatic hydroxyl groups excluding tert-OH is 1. The minimum Gasteiger partial charge on any atom is -0.391 e. The average Bonchev–Trinajstić information content (AvgIpc) is 2.55. The molecule has 1 aliphatic rings. The summed E-state index contributed by atoms with van der Waals surface area (Å²) in [6, 6.07) is 10.5. The minimum absolute atomic E-state index is 0.0417. The largest absolute Gasteiger partial charge is 0.391 e. The smallest absolute Gasteiger partial charge is 0.227 e. The second-order valence-corrected chi connectivity index (χ2v) is 8.03. The minimum atomic E-state index is -0.401. The van der Waals surface area contributed by atoms with E-state index in [-0.39, 0.29) is 17.4 Å². The molecule has 1 aromatic carbocycles. The Morgan fingerprint density at radius 2 is 1.83 bits per heavy atom. The van der Waals surface area contributed by atoms with Crippen LogP contribution in [0, 0.1) is 5.41 Å². The lowest BCUT2D eigenvalue weighted by Gasteiger charge is -2.37. The summed E-state index contributed by atoms with van der Waals surface area (Å²) in [5, 5.41) is 14.0. The second-order valence-electron chi connectivity index (χ2n) is 8.03. The van der Waals surface area contributed by atoms with Gasteiger partial charge in [0.1, 0.15) is 0 Å². The summed E-state index contributed by atoms with van der Waals surface area (Å²) < 4.78 is 0. The maximum atomic E-state index is 12.3. The highest BCUT2D eigenvalue weighted by molar-refractivity contribution is 5.81. The fourth-order valence-electron chi connectivity index (χ4n) is 3.24. The molecule has 0 bridgehead atoms. The maximum Gasteiger partial charge on any atom is 0.227 e. The van der Waals surface area contributed by atoms with E-state index >= 15 is 0 Å². The molecule has 2 unspecified atom stereocenters. The number of amides is 1. The molecule has 1 aliphatic heterocycles. The Kier molecular flexibility index (Phi) is 6.41. The number of carbonyl (C=O) groups excluding carboxylic acids is 1. The number of rotatable bonds is 5. The molecule has 4 heteroatoms. The lowest BCUT2D eigenvalue weighted by atomic mass is 9.92. The maximum absolute atomic E-state index is 12.3. The van der Waals surface area contributed by atoms with Crippen LogP contribution >= 0.6 is 0 Å². The molecule has 0 aliphatic carbocycles. The van der Waals surface area contributed by atoms with Crippen molar-refractivity contribution in [2.45, 2.75) is 65.1 Å². The fraction of sp³-hybridized carbons (Fsp3) is 0.650. The lowest BCUT2D eigenvalue weighted by Crippen LogP contribution is -2.51. The first-order valence-electron chi connectivity index (χ1n) is 9.05. The van der Waals surface area contributed by atoms with Crippen LogP contribution in [0.15, 0.2) is 30.3 Å². The molecule has 4 nitrogen and oxygen atoms in total. The third-order valence-electron chi connectivity index (χ3n) is 4.79. The number of nitrogens with zero attached hydrogens (tertiary/aromatic N) is 1. The van der Waals surface area contributed by atoms with Crippen LogP contribution in [0.1, 0.15) is 46.1 Å². The van der Waals surface area contributed by atoms with Crippen LogP contribution in [0.4, 0.5) is 0 Å². The van der Waals surface area contributed by atoms with E-state index in [1.54, 1.807) is 0 Å². The van der Waals surface area contributed by atoms with Crippen LogP contribution in [0.25, 0.3) is 0 Å². The number of nitrogens with one attached hydrogen (secondary N) is 1. The zero-order chi connectivity index (χ0) is 17.7. The third-order valence-corrected chi connectivity index (χ3v) is 4.79. The van der Waals surface area contributed by atoms with Crippen molar-refractivity contribution in [3.63, 3.8) is 0 Å². The number of benzene rings is 1. The molecule has 0 aromatic heterocycles. The summed E-state index contributed by atoms with van der Waals surface area (Å²) in [7, 11) is 0. The number of likely N-dealkylation sites (tertiary alicyclic amines) is 1. The van der Waals surface area contributed by atoms with Crippen LogP contribution in [0.2, 0.25) is 0 Å². The van der Waals surface area contributed by atoms with Gasteiger partial charge in [0, 0.05) is 30.6 Å². The molecule has 134 valence electrons. The van der Waals surface area contributed by atoms with Crippen LogP contribution in [0.3, 0.4) is 0 Å². The van der Waals surface area contributed by atoms with Crippen LogP contribution < -0.4 is 5.32 Å². The quantitative estimate of drug-likeness (QED) is 0.871. The highest BCUT2D eigenvalue weighted by atomic mass is 16.3. The van der Waals surface area contributed by atoms with Crippen molar-refractivity contribution < 1.29 is 9.90 Å². The van der Waals surface area contributed by atoms with E-state index in [1.807, 2.05) is 62.9 Å². The van der Waals surface area contributed by atoms with Gasteiger partial charge in [-0.1, -0.05) is 51.1 Å². The van der Waals surface area contributed by atoms with E-state index in [9.17, 15) is 9.90 Å². The zero-order valence-electron chi connectivity index (χ0n) is 15.5. The Morgan fingerprint density at radius 1 is 1.25 bits per heavy atom. The molecule has 1 aromatic rings. The van der Waals surface area contributed by atoms with Gasteiger partial charge in [-0.2, -0.15) is 0 Å². The fourth-order valence-corrected chi connectivity index (χ4v) is 3.24. The molecule has 1 saturated heterocycles. The molecule has 0 radical (unpaired) electrons. The Bertz CT molecular complexity index is 516. The number of hydrogen-bond acceptors (Lipinski definition) is 3. The number of carbonyl (C=O) groups is 1. The van der Waals surface area contributed by atoms with E-state index < -0.39 is 6.10 Å². The van der Waals surface area contributed by atoms with E-state index in [2.05, 4.69) is 5.32 Å². The monoisotopic (exact) mass is 332 g/mol. The highest BCUT2D eigenvalue weighted by Crippen LogP contribution is 2.21. The summed E-state index contributed by atoms with van der Waals surface area (Å²) in [6.07, 6.45) is 2.16. The van der Waals surface area contributed by atoms with Crippen molar-refractivity contribution in [1.29, 1.82) is 0 Å². The first kappa shape index (κ1) is 18.9. The summed E-state index contributed by atoms with van der Waals surface area (Å²) in [5.41, 5.74) is 0.851. The van der Waals surface area contributed by atoms with Crippen molar-refractivity contribution in [2.75, 3.05) is 13.1 Å². The molecular formula is C20H32N2O2. The topological polar surface area (TPSA) is 52.6 Å². The van der Waals surface area contributed by atoms with Gasteiger partial charge in [0.25, 0.3) is 0 Å². The predicted molar refractivity (Wildman–Crippen MR) is 97.8 cm³/mol. The van der Waals surface area contributed by atoms with E-state index in [1.165, 1.54) is 0 Å². The van der Waals surface area contributed by atoms with E-state index in [4.69, 9.17) is 0 Å². The predicted octanol–water partition coefficient (Wildman–Crippen LogP) is 2.61. The second kappa shape index (κ2) is 8.13. The molecule has 0 spiro atoms. The van der Waals surface area contributed by atoms with E-state index in [0.29, 0.717) is 12.5 Å². The van der Waals surface area contributed by atoms with Gasteiger partial charge in [0.15, 0.2) is 0 Å². The molecule has 2 rings (SSSR count). The third kappa shape index (κ3) is 5.32.